The number of carboxylic acids is 2. The van der Waals surface area contributed by atoms with Crippen molar-refractivity contribution >= 4 is 11.9 Å². The summed E-state index contributed by atoms with van der Waals surface area (Å²) in [6, 6.07) is 0.778. The molecule has 0 aliphatic carbocycles. The van der Waals surface area contributed by atoms with Crippen LogP contribution in [-0.4, -0.2) is 40.1 Å². The molecule has 5 nitrogen and oxygen atoms in total. The Bertz CT molecular complexity index is 578. The van der Waals surface area contributed by atoms with Crippen molar-refractivity contribution in [3.8, 4) is 0 Å². The predicted octanol–water partition coefficient (Wildman–Crippen LogP) is 2.70. The van der Waals surface area contributed by atoms with Gasteiger partial charge >= 0.3 is 24.3 Å². The molecule has 0 aliphatic heterocycles. The number of nitrogens with zero attached hydrogens (tertiary/aromatic N) is 1. The minimum atomic E-state index is -5.04. The largest absolute Gasteiger partial charge is 0.480 e. The van der Waals surface area contributed by atoms with E-state index < -0.39 is 60.6 Å². The summed E-state index contributed by atoms with van der Waals surface area (Å²) in [5.41, 5.74) is -3.62. The smallest absolute Gasteiger partial charge is 0.416 e. The highest BCUT2D eigenvalue weighted by Gasteiger charge is 2.37. The molecular formula is C13H11F6NO4. The lowest BCUT2D eigenvalue weighted by Gasteiger charge is -2.20. The second-order valence-electron chi connectivity index (χ2n) is 4.85. The topological polar surface area (TPSA) is 77.8 Å². The van der Waals surface area contributed by atoms with E-state index in [-0.39, 0.29) is 6.07 Å². The third kappa shape index (κ3) is 6.07. The van der Waals surface area contributed by atoms with Gasteiger partial charge in [0, 0.05) is 6.54 Å². The van der Waals surface area contributed by atoms with Crippen LogP contribution >= 0.6 is 0 Å². The van der Waals surface area contributed by atoms with Crippen LogP contribution in [0.3, 0.4) is 0 Å². The molecule has 1 rings (SSSR count). The van der Waals surface area contributed by atoms with Crippen LogP contribution in [0, 0.1) is 0 Å². The lowest BCUT2D eigenvalue weighted by Crippen LogP contribution is -2.34. The second kappa shape index (κ2) is 7.07. The summed E-state index contributed by atoms with van der Waals surface area (Å²) >= 11 is 0. The molecule has 1 aromatic carbocycles. The van der Waals surface area contributed by atoms with Crippen LogP contribution < -0.4 is 0 Å². The van der Waals surface area contributed by atoms with Gasteiger partial charge in [0.1, 0.15) is 0 Å². The van der Waals surface area contributed by atoms with Crippen molar-refractivity contribution in [2.45, 2.75) is 18.9 Å². The lowest BCUT2D eigenvalue weighted by atomic mass is 10.0. The number of rotatable bonds is 6. The molecule has 0 saturated carbocycles. The molecule has 0 aliphatic rings. The quantitative estimate of drug-likeness (QED) is 0.764. The van der Waals surface area contributed by atoms with E-state index in [9.17, 15) is 35.9 Å². The zero-order valence-corrected chi connectivity index (χ0v) is 11.8. The monoisotopic (exact) mass is 359 g/mol. The molecule has 2 N–H and O–H groups in total. The van der Waals surface area contributed by atoms with Crippen LogP contribution in [0.4, 0.5) is 26.3 Å². The number of carbonyl (C=O) groups is 2. The number of hydrogen-bond acceptors (Lipinski definition) is 3. The summed E-state index contributed by atoms with van der Waals surface area (Å²) in [5.74, 6) is -2.95. The van der Waals surface area contributed by atoms with Crippen molar-refractivity contribution in [2.24, 2.45) is 0 Å². The van der Waals surface area contributed by atoms with E-state index in [2.05, 4.69) is 0 Å². The van der Waals surface area contributed by atoms with Crippen LogP contribution in [0.5, 0.6) is 0 Å². The Labute approximate surface area is 131 Å². The van der Waals surface area contributed by atoms with E-state index in [0.29, 0.717) is 17.0 Å². The van der Waals surface area contributed by atoms with E-state index in [4.69, 9.17) is 10.2 Å². The fraction of sp³-hybridized carbons (Fsp3) is 0.385. The van der Waals surface area contributed by atoms with E-state index in [0.717, 1.165) is 0 Å². The van der Waals surface area contributed by atoms with Crippen LogP contribution in [0.1, 0.15) is 16.7 Å². The Morgan fingerprint density at radius 1 is 0.833 bits per heavy atom. The summed E-state index contributed by atoms with van der Waals surface area (Å²) in [6.07, 6.45) is -10.1. The first-order chi connectivity index (χ1) is 10.8. The van der Waals surface area contributed by atoms with Gasteiger partial charge in [-0.25, -0.2) is 0 Å². The second-order valence-corrected chi connectivity index (χ2v) is 4.85. The number of halogens is 6. The molecule has 11 heteroatoms. The average molecular weight is 359 g/mol. The Morgan fingerprint density at radius 2 is 1.21 bits per heavy atom. The van der Waals surface area contributed by atoms with Gasteiger partial charge in [-0.3, -0.25) is 14.5 Å². The van der Waals surface area contributed by atoms with Gasteiger partial charge < -0.3 is 10.2 Å². The molecule has 0 atom stereocenters. The SMILES string of the molecule is O=C(O)CN(CC(=O)O)Cc1cc(C(F)(F)F)cc(C(F)(F)F)c1. The summed E-state index contributed by atoms with van der Waals surface area (Å²) in [7, 11) is 0. The van der Waals surface area contributed by atoms with E-state index in [1.54, 1.807) is 0 Å². The molecule has 0 saturated heterocycles. The summed E-state index contributed by atoms with van der Waals surface area (Å²) in [5, 5.41) is 17.3. The van der Waals surface area contributed by atoms with Crippen LogP contribution in [0.2, 0.25) is 0 Å². The van der Waals surface area contributed by atoms with E-state index >= 15 is 0 Å². The maximum atomic E-state index is 12.7. The van der Waals surface area contributed by atoms with Crippen molar-refractivity contribution < 1.29 is 46.1 Å². The van der Waals surface area contributed by atoms with Gasteiger partial charge in [0.25, 0.3) is 0 Å². The highest BCUT2D eigenvalue weighted by Crippen LogP contribution is 2.36. The van der Waals surface area contributed by atoms with Crippen molar-refractivity contribution in [1.82, 2.24) is 4.90 Å². The minimum absolute atomic E-state index is 0.0672. The summed E-state index contributed by atoms with van der Waals surface area (Å²) < 4.78 is 76.3. The molecule has 0 amide bonds. The summed E-state index contributed by atoms with van der Waals surface area (Å²) in [6.45, 7) is -2.42. The molecule has 1 aromatic rings. The molecule has 0 fully saturated rings. The molecule has 0 bridgehead atoms. The first-order valence-corrected chi connectivity index (χ1v) is 6.23. The van der Waals surface area contributed by atoms with Gasteiger partial charge in [0.2, 0.25) is 0 Å². The number of carboxylic acid groups (broad SMARTS) is 2. The van der Waals surface area contributed by atoms with Crippen molar-refractivity contribution in [3.63, 3.8) is 0 Å². The van der Waals surface area contributed by atoms with Gasteiger partial charge in [-0.15, -0.1) is 0 Å². The lowest BCUT2D eigenvalue weighted by molar-refractivity contribution is -0.145. The minimum Gasteiger partial charge on any atom is -0.480 e. The Balaban J connectivity index is 3.24. The fourth-order valence-corrected chi connectivity index (χ4v) is 1.92. The predicted molar refractivity (Wildman–Crippen MR) is 67.0 cm³/mol. The molecule has 0 heterocycles. The van der Waals surface area contributed by atoms with Crippen molar-refractivity contribution in [1.29, 1.82) is 0 Å². The molecule has 24 heavy (non-hydrogen) atoms. The average Bonchev–Trinajstić information content (AvgIpc) is 2.34. The normalized spacial score (nSPS) is 12.5. The van der Waals surface area contributed by atoms with Gasteiger partial charge in [-0.05, 0) is 23.8 Å². The van der Waals surface area contributed by atoms with Gasteiger partial charge in [-0.1, -0.05) is 0 Å². The zero-order chi connectivity index (χ0) is 18.7. The fourth-order valence-electron chi connectivity index (χ4n) is 1.92. The standard InChI is InChI=1S/C13H11F6NO4/c14-12(15,16)8-1-7(2-9(3-8)13(17,18)19)4-20(5-10(21)22)6-11(23)24/h1-3H,4-6H2,(H,21,22)(H,23,24). The van der Waals surface area contributed by atoms with E-state index in [1.807, 2.05) is 0 Å². The van der Waals surface area contributed by atoms with Crippen molar-refractivity contribution in [2.75, 3.05) is 13.1 Å². The molecule has 0 unspecified atom stereocenters. The highest BCUT2D eigenvalue weighted by atomic mass is 19.4. The van der Waals surface area contributed by atoms with Crippen LogP contribution in [-0.2, 0) is 28.5 Å². The van der Waals surface area contributed by atoms with Crippen LogP contribution in [0.15, 0.2) is 18.2 Å². The Morgan fingerprint density at radius 3 is 1.50 bits per heavy atom. The molecule has 0 spiro atoms. The molecule has 0 radical (unpaired) electrons. The maximum absolute atomic E-state index is 12.7. The molecular weight excluding hydrogens is 348 g/mol. The Hall–Kier alpha value is -2.30. The first kappa shape index (κ1) is 19.7. The van der Waals surface area contributed by atoms with Gasteiger partial charge in [-0.2, -0.15) is 26.3 Å². The third-order valence-corrected chi connectivity index (χ3v) is 2.77. The van der Waals surface area contributed by atoms with Gasteiger partial charge in [0.15, 0.2) is 0 Å². The summed E-state index contributed by atoms with van der Waals surface area (Å²) in [4.78, 5) is 22.0. The van der Waals surface area contributed by atoms with E-state index in [1.165, 1.54) is 0 Å². The van der Waals surface area contributed by atoms with Crippen LogP contribution in [0.25, 0.3) is 0 Å². The number of hydrogen-bond donors (Lipinski definition) is 2. The highest BCUT2D eigenvalue weighted by molar-refractivity contribution is 5.72. The van der Waals surface area contributed by atoms with Gasteiger partial charge in [0.05, 0.1) is 24.2 Å². The molecule has 0 aromatic heterocycles. The first-order valence-electron chi connectivity index (χ1n) is 6.23. The number of aliphatic carboxylic acids is 2. The Kier molecular flexibility index (Phi) is 5.82. The molecule has 134 valence electrons. The van der Waals surface area contributed by atoms with Crippen molar-refractivity contribution in [3.05, 3.63) is 34.9 Å². The number of alkyl halides is 6. The number of benzene rings is 1. The zero-order valence-electron chi connectivity index (χ0n) is 11.8. The maximum Gasteiger partial charge on any atom is 0.416 e. The third-order valence-electron chi connectivity index (χ3n) is 2.77.